The number of carbonyl (C=O) groups excluding carboxylic acids is 2. The molecule has 2 amide bonds. The van der Waals surface area contributed by atoms with Crippen molar-refractivity contribution >= 4 is 34.4 Å². The summed E-state index contributed by atoms with van der Waals surface area (Å²) in [6.45, 7) is 0.152. The van der Waals surface area contributed by atoms with Crippen LogP contribution in [0.1, 0.15) is 22.7 Å². The van der Waals surface area contributed by atoms with Crippen LogP contribution in [0.5, 0.6) is 0 Å². The second-order valence-electron chi connectivity index (χ2n) is 7.97. The minimum absolute atomic E-state index is 0.0510. The standard InChI is InChI=1S/C25H25N3O6S/c1-33-11-10-28(13-23(30)31)22(29)12-16-15-35-24(26-16)27-25(32)34-14-21-19-8-4-2-6-17(19)18-7-3-5-9-20(18)21/h2-9,15,21H,10-14H2,1H3,(H,30,31)(H,26,27,32). The molecule has 2 aromatic carbocycles. The van der Waals surface area contributed by atoms with Gasteiger partial charge in [0.15, 0.2) is 5.13 Å². The van der Waals surface area contributed by atoms with Gasteiger partial charge in [-0.05, 0) is 22.3 Å². The predicted octanol–water partition coefficient (Wildman–Crippen LogP) is 3.61. The number of nitrogens with one attached hydrogen (secondary N) is 1. The number of anilines is 1. The Morgan fingerprint density at radius 3 is 2.37 bits per heavy atom. The number of aromatic nitrogens is 1. The van der Waals surface area contributed by atoms with E-state index in [0.29, 0.717) is 10.8 Å². The second kappa shape index (κ2) is 11.1. The monoisotopic (exact) mass is 495 g/mol. The lowest BCUT2D eigenvalue weighted by Gasteiger charge is -2.19. The molecule has 1 heterocycles. The van der Waals surface area contributed by atoms with Crippen molar-refractivity contribution in [2.45, 2.75) is 12.3 Å². The van der Waals surface area contributed by atoms with Crippen LogP contribution < -0.4 is 5.32 Å². The Morgan fingerprint density at radius 2 is 1.74 bits per heavy atom. The number of nitrogens with zero attached hydrogens (tertiary/aromatic N) is 2. The van der Waals surface area contributed by atoms with Crippen molar-refractivity contribution in [3.8, 4) is 11.1 Å². The molecule has 2 N–H and O–H groups in total. The molecule has 182 valence electrons. The molecule has 1 aromatic heterocycles. The highest BCUT2D eigenvalue weighted by Gasteiger charge is 2.29. The first-order valence-electron chi connectivity index (χ1n) is 11.0. The molecule has 4 rings (SSSR count). The molecule has 0 aliphatic heterocycles. The molecule has 0 bridgehead atoms. The SMILES string of the molecule is COCCN(CC(=O)O)C(=O)Cc1csc(NC(=O)OCC2c3ccccc3-c3ccccc32)n1. The molecule has 1 aliphatic rings. The molecular formula is C25H25N3O6S. The predicted molar refractivity (Wildman–Crippen MR) is 131 cm³/mol. The molecule has 0 radical (unpaired) electrons. The highest BCUT2D eigenvalue weighted by molar-refractivity contribution is 7.13. The number of carboxylic acid groups (broad SMARTS) is 1. The Kier molecular flexibility index (Phi) is 7.74. The fraction of sp³-hybridized carbons (Fsp3) is 0.280. The number of hydrogen-bond donors (Lipinski definition) is 2. The van der Waals surface area contributed by atoms with E-state index < -0.39 is 18.6 Å². The van der Waals surface area contributed by atoms with Crippen LogP contribution in [0.2, 0.25) is 0 Å². The molecule has 0 unspecified atom stereocenters. The lowest BCUT2D eigenvalue weighted by Crippen LogP contribution is -2.38. The van der Waals surface area contributed by atoms with Crippen molar-refractivity contribution in [2.75, 3.05) is 38.7 Å². The van der Waals surface area contributed by atoms with Gasteiger partial charge < -0.3 is 19.5 Å². The normalized spacial score (nSPS) is 12.0. The van der Waals surface area contributed by atoms with Gasteiger partial charge in [0, 0.05) is 25.0 Å². The Balaban J connectivity index is 1.33. The van der Waals surface area contributed by atoms with Gasteiger partial charge in [-0.1, -0.05) is 48.5 Å². The van der Waals surface area contributed by atoms with Gasteiger partial charge in [0.25, 0.3) is 0 Å². The fourth-order valence-electron chi connectivity index (χ4n) is 4.09. The van der Waals surface area contributed by atoms with E-state index in [2.05, 4.69) is 22.4 Å². The first-order valence-corrected chi connectivity index (χ1v) is 11.9. The maximum absolute atomic E-state index is 12.5. The number of fused-ring (bicyclic) bond motifs is 3. The third-order valence-corrected chi connectivity index (χ3v) is 6.49. The van der Waals surface area contributed by atoms with Crippen LogP contribution in [0.4, 0.5) is 9.93 Å². The van der Waals surface area contributed by atoms with Crippen LogP contribution in [0.25, 0.3) is 11.1 Å². The van der Waals surface area contributed by atoms with Crippen LogP contribution in [-0.2, 0) is 25.5 Å². The molecule has 3 aromatic rings. The molecule has 9 nitrogen and oxygen atoms in total. The van der Waals surface area contributed by atoms with Gasteiger partial charge >= 0.3 is 12.1 Å². The first kappa shape index (κ1) is 24.4. The highest BCUT2D eigenvalue weighted by atomic mass is 32.1. The maximum atomic E-state index is 12.5. The number of methoxy groups -OCH3 is 1. The van der Waals surface area contributed by atoms with Crippen molar-refractivity contribution in [2.24, 2.45) is 0 Å². The molecule has 10 heteroatoms. The van der Waals surface area contributed by atoms with Crippen LogP contribution in [0.3, 0.4) is 0 Å². The summed E-state index contributed by atoms with van der Waals surface area (Å²) in [5, 5.41) is 13.6. The van der Waals surface area contributed by atoms with Gasteiger partial charge in [0.1, 0.15) is 13.2 Å². The number of thiazole rings is 1. The van der Waals surface area contributed by atoms with Crippen molar-refractivity contribution in [1.29, 1.82) is 0 Å². The van der Waals surface area contributed by atoms with E-state index in [1.54, 1.807) is 5.38 Å². The number of ether oxygens (including phenoxy) is 2. The lowest BCUT2D eigenvalue weighted by molar-refractivity contribution is -0.144. The summed E-state index contributed by atoms with van der Waals surface area (Å²) in [7, 11) is 1.48. The van der Waals surface area contributed by atoms with Crippen LogP contribution in [-0.4, -0.2) is 66.4 Å². The molecular weight excluding hydrogens is 470 g/mol. The number of carboxylic acids is 1. The minimum atomic E-state index is -1.11. The third kappa shape index (κ3) is 5.84. The second-order valence-corrected chi connectivity index (χ2v) is 8.83. The Morgan fingerprint density at radius 1 is 1.09 bits per heavy atom. The molecule has 0 atom stereocenters. The van der Waals surface area contributed by atoms with Crippen LogP contribution >= 0.6 is 11.3 Å². The number of aliphatic carboxylic acids is 1. The first-order chi connectivity index (χ1) is 17.0. The Hall–Kier alpha value is -3.76. The van der Waals surface area contributed by atoms with E-state index >= 15 is 0 Å². The number of amides is 2. The van der Waals surface area contributed by atoms with E-state index in [1.165, 1.54) is 12.0 Å². The van der Waals surface area contributed by atoms with E-state index in [4.69, 9.17) is 14.6 Å². The summed E-state index contributed by atoms with van der Waals surface area (Å²) in [5.74, 6) is -1.54. The Labute approximate surface area is 206 Å². The number of rotatable bonds is 10. The summed E-state index contributed by atoms with van der Waals surface area (Å²) < 4.78 is 10.5. The zero-order valence-corrected chi connectivity index (χ0v) is 19.9. The summed E-state index contributed by atoms with van der Waals surface area (Å²) in [6, 6.07) is 16.2. The van der Waals surface area contributed by atoms with Crippen molar-refractivity contribution in [3.05, 3.63) is 70.7 Å². The van der Waals surface area contributed by atoms with E-state index in [1.807, 2.05) is 36.4 Å². The number of benzene rings is 2. The van der Waals surface area contributed by atoms with Crippen molar-refractivity contribution in [1.82, 2.24) is 9.88 Å². The van der Waals surface area contributed by atoms with Gasteiger partial charge in [-0.3, -0.25) is 14.9 Å². The number of carbonyl (C=O) groups is 3. The molecule has 0 saturated heterocycles. The average molecular weight is 496 g/mol. The molecule has 1 aliphatic carbocycles. The largest absolute Gasteiger partial charge is 0.480 e. The molecule has 0 saturated carbocycles. The van der Waals surface area contributed by atoms with Crippen LogP contribution in [0.15, 0.2) is 53.9 Å². The summed E-state index contributed by atoms with van der Waals surface area (Å²) in [4.78, 5) is 41.4. The van der Waals surface area contributed by atoms with E-state index in [9.17, 15) is 14.4 Å². The highest BCUT2D eigenvalue weighted by Crippen LogP contribution is 2.44. The maximum Gasteiger partial charge on any atom is 0.413 e. The Bertz CT molecular complexity index is 1180. The quantitative estimate of drug-likeness (QED) is 0.441. The lowest BCUT2D eigenvalue weighted by atomic mass is 9.98. The molecule has 0 fully saturated rings. The third-order valence-electron chi connectivity index (χ3n) is 5.68. The van der Waals surface area contributed by atoms with Crippen molar-refractivity contribution < 1.29 is 29.0 Å². The van der Waals surface area contributed by atoms with E-state index in [0.717, 1.165) is 33.6 Å². The van der Waals surface area contributed by atoms with Gasteiger partial charge in [0.05, 0.1) is 18.7 Å². The van der Waals surface area contributed by atoms with Crippen molar-refractivity contribution in [3.63, 3.8) is 0 Å². The fourth-order valence-corrected chi connectivity index (χ4v) is 4.79. The van der Waals surface area contributed by atoms with E-state index in [-0.39, 0.29) is 38.0 Å². The van der Waals surface area contributed by atoms with Gasteiger partial charge in [-0.2, -0.15) is 0 Å². The summed E-state index contributed by atoms with van der Waals surface area (Å²) >= 11 is 1.16. The van der Waals surface area contributed by atoms with Gasteiger partial charge in [-0.25, -0.2) is 9.78 Å². The smallest absolute Gasteiger partial charge is 0.413 e. The zero-order chi connectivity index (χ0) is 24.8. The summed E-state index contributed by atoms with van der Waals surface area (Å²) in [5.41, 5.74) is 4.97. The van der Waals surface area contributed by atoms with Crippen LogP contribution in [0, 0.1) is 0 Å². The number of hydrogen-bond acceptors (Lipinski definition) is 7. The molecule has 0 spiro atoms. The van der Waals surface area contributed by atoms with Gasteiger partial charge in [-0.15, -0.1) is 11.3 Å². The average Bonchev–Trinajstić information content (AvgIpc) is 3.41. The summed E-state index contributed by atoms with van der Waals surface area (Å²) in [6.07, 6.45) is -0.716. The minimum Gasteiger partial charge on any atom is -0.480 e. The topological polar surface area (TPSA) is 118 Å². The zero-order valence-electron chi connectivity index (χ0n) is 19.1. The van der Waals surface area contributed by atoms with Gasteiger partial charge in [0.2, 0.25) is 5.91 Å². The molecule has 35 heavy (non-hydrogen) atoms.